The molecule has 0 amide bonds. The first-order valence-electron chi connectivity index (χ1n) is 7.27. The lowest BCUT2D eigenvalue weighted by Crippen LogP contribution is -2.31. The highest BCUT2D eigenvalue weighted by Crippen LogP contribution is 2.32. The summed E-state index contributed by atoms with van der Waals surface area (Å²) < 4.78 is 0. The maximum absolute atomic E-state index is 9.95. The molecule has 1 aliphatic carbocycles. The van der Waals surface area contributed by atoms with Gasteiger partial charge in [-0.3, -0.25) is 0 Å². The molecule has 1 aromatic carbocycles. The summed E-state index contributed by atoms with van der Waals surface area (Å²) in [5.74, 6) is 0.556. The van der Waals surface area contributed by atoms with Crippen LogP contribution >= 0.6 is 0 Å². The van der Waals surface area contributed by atoms with Gasteiger partial charge in [0.2, 0.25) is 0 Å². The smallest absolute Gasteiger partial charge is 0.0692 e. The van der Waals surface area contributed by atoms with Gasteiger partial charge in [-0.05, 0) is 30.7 Å². The zero-order valence-electron chi connectivity index (χ0n) is 11.3. The van der Waals surface area contributed by atoms with Gasteiger partial charge in [0.05, 0.1) is 6.10 Å². The molecule has 0 radical (unpaired) electrons. The van der Waals surface area contributed by atoms with Crippen LogP contribution in [0.2, 0.25) is 0 Å². The van der Waals surface area contributed by atoms with E-state index in [4.69, 9.17) is 0 Å². The van der Waals surface area contributed by atoms with Crippen LogP contribution in [0.1, 0.15) is 50.6 Å². The third-order valence-electron chi connectivity index (χ3n) is 3.79. The zero-order chi connectivity index (χ0) is 12.8. The van der Waals surface area contributed by atoms with Crippen LogP contribution in [0.25, 0.3) is 0 Å². The van der Waals surface area contributed by atoms with E-state index in [0.29, 0.717) is 12.0 Å². The predicted octanol–water partition coefficient (Wildman–Crippen LogP) is 3.28. The average molecular weight is 247 g/mol. The normalized spacial score (nSPS) is 18.6. The summed E-state index contributed by atoms with van der Waals surface area (Å²) in [4.78, 5) is 0. The third kappa shape index (κ3) is 4.11. The van der Waals surface area contributed by atoms with Gasteiger partial charge in [-0.25, -0.2) is 0 Å². The van der Waals surface area contributed by atoms with Gasteiger partial charge in [0, 0.05) is 12.6 Å². The van der Waals surface area contributed by atoms with Crippen LogP contribution in [0.5, 0.6) is 0 Å². The minimum absolute atomic E-state index is 0.155. The monoisotopic (exact) mass is 247 g/mol. The topological polar surface area (TPSA) is 32.3 Å². The van der Waals surface area contributed by atoms with Gasteiger partial charge in [-0.2, -0.15) is 0 Å². The summed E-state index contributed by atoms with van der Waals surface area (Å²) in [6.07, 6.45) is 5.85. The Kier molecular flexibility index (Phi) is 5.21. The largest absolute Gasteiger partial charge is 0.392 e. The van der Waals surface area contributed by atoms with E-state index in [1.54, 1.807) is 0 Å². The quantitative estimate of drug-likeness (QED) is 0.739. The lowest BCUT2D eigenvalue weighted by Gasteiger charge is -2.21. The standard InChI is InChI=1S/C16H25NO/c1-2-3-9-15(13-7-5-4-6-8-13)17-12-16(18)14-10-11-14/h4-8,14-18H,2-3,9-12H2,1H3. The Balaban J connectivity index is 1.87. The number of hydrogen-bond acceptors (Lipinski definition) is 2. The van der Waals surface area contributed by atoms with Crippen molar-refractivity contribution in [3.8, 4) is 0 Å². The Hall–Kier alpha value is -0.860. The fourth-order valence-corrected chi connectivity index (χ4v) is 2.39. The number of benzene rings is 1. The number of hydrogen-bond donors (Lipinski definition) is 2. The van der Waals surface area contributed by atoms with E-state index in [1.165, 1.54) is 31.2 Å². The summed E-state index contributed by atoms with van der Waals surface area (Å²) in [5, 5.41) is 13.5. The lowest BCUT2D eigenvalue weighted by atomic mass is 10.0. The van der Waals surface area contributed by atoms with Crippen LogP contribution in [-0.4, -0.2) is 17.8 Å². The molecule has 0 heterocycles. The third-order valence-corrected chi connectivity index (χ3v) is 3.79. The maximum atomic E-state index is 9.95. The Bertz CT molecular complexity index is 334. The fraction of sp³-hybridized carbons (Fsp3) is 0.625. The van der Waals surface area contributed by atoms with E-state index >= 15 is 0 Å². The molecule has 0 aliphatic heterocycles. The predicted molar refractivity (Wildman–Crippen MR) is 75.4 cm³/mol. The minimum Gasteiger partial charge on any atom is -0.392 e. The Labute approximate surface area is 110 Å². The van der Waals surface area contributed by atoms with Gasteiger partial charge >= 0.3 is 0 Å². The first-order valence-corrected chi connectivity index (χ1v) is 7.27. The van der Waals surface area contributed by atoms with Crippen molar-refractivity contribution in [3.63, 3.8) is 0 Å². The van der Waals surface area contributed by atoms with Gasteiger partial charge in [-0.1, -0.05) is 50.1 Å². The van der Waals surface area contributed by atoms with Crippen LogP contribution in [0.4, 0.5) is 0 Å². The molecule has 2 rings (SSSR count). The molecule has 0 bridgehead atoms. The van der Waals surface area contributed by atoms with Crippen LogP contribution in [-0.2, 0) is 0 Å². The second-order valence-corrected chi connectivity index (χ2v) is 5.42. The molecule has 0 saturated heterocycles. The van der Waals surface area contributed by atoms with E-state index in [1.807, 2.05) is 0 Å². The van der Waals surface area contributed by atoms with Gasteiger partial charge in [0.15, 0.2) is 0 Å². The number of aliphatic hydroxyl groups is 1. The lowest BCUT2D eigenvalue weighted by molar-refractivity contribution is 0.144. The molecule has 2 heteroatoms. The molecule has 0 spiro atoms. The van der Waals surface area contributed by atoms with Crippen molar-refractivity contribution in [2.75, 3.05) is 6.54 Å². The van der Waals surface area contributed by atoms with E-state index < -0.39 is 0 Å². The van der Waals surface area contributed by atoms with Crippen LogP contribution in [0.3, 0.4) is 0 Å². The van der Waals surface area contributed by atoms with Crippen molar-refractivity contribution in [2.45, 2.75) is 51.2 Å². The molecule has 1 fully saturated rings. The summed E-state index contributed by atoms with van der Waals surface area (Å²) in [6.45, 7) is 2.95. The molecular formula is C16H25NO. The molecule has 1 aromatic rings. The first-order chi connectivity index (χ1) is 8.81. The minimum atomic E-state index is -0.155. The SMILES string of the molecule is CCCCC(NCC(O)C1CC1)c1ccccc1. The van der Waals surface area contributed by atoms with E-state index in [0.717, 1.165) is 13.0 Å². The molecule has 1 aliphatic rings. The summed E-state index contributed by atoms with van der Waals surface area (Å²) in [6, 6.07) is 11.0. The Morgan fingerprint density at radius 2 is 2.00 bits per heavy atom. The van der Waals surface area contributed by atoms with Crippen molar-refractivity contribution >= 4 is 0 Å². The second kappa shape index (κ2) is 6.91. The Morgan fingerprint density at radius 3 is 2.61 bits per heavy atom. The first kappa shape index (κ1) is 13.6. The molecule has 100 valence electrons. The van der Waals surface area contributed by atoms with E-state index in [-0.39, 0.29) is 6.10 Å². The average Bonchev–Trinajstić information content (AvgIpc) is 3.24. The molecule has 18 heavy (non-hydrogen) atoms. The van der Waals surface area contributed by atoms with Crippen molar-refractivity contribution in [1.82, 2.24) is 5.32 Å². The Morgan fingerprint density at radius 1 is 1.28 bits per heavy atom. The van der Waals surface area contributed by atoms with Gasteiger partial charge in [-0.15, -0.1) is 0 Å². The fourth-order valence-electron chi connectivity index (χ4n) is 2.39. The molecule has 2 atom stereocenters. The zero-order valence-corrected chi connectivity index (χ0v) is 11.3. The molecule has 1 saturated carbocycles. The maximum Gasteiger partial charge on any atom is 0.0692 e. The summed E-state index contributed by atoms with van der Waals surface area (Å²) in [7, 11) is 0. The molecular weight excluding hydrogens is 222 g/mol. The highest BCUT2D eigenvalue weighted by atomic mass is 16.3. The summed E-state index contributed by atoms with van der Waals surface area (Å²) >= 11 is 0. The number of aliphatic hydroxyl groups excluding tert-OH is 1. The van der Waals surface area contributed by atoms with Crippen LogP contribution in [0.15, 0.2) is 30.3 Å². The van der Waals surface area contributed by atoms with Crippen molar-refractivity contribution < 1.29 is 5.11 Å². The summed E-state index contributed by atoms with van der Waals surface area (Å²) in [5.41, 5.74) is 1.34. The van der Waals surface area contributed by atoms with Crippen LogP contribution in [0, 0.1) is 5.92 Å². The highest BCUT2D eigenvalue weighted by molar-refractivity contribution is 5.18. The molecule has 2 nitrogen and oxygen atoms in total. The number of unbranched alkanes of at least 4 members (excludes halogenated alkanes) is 1. The van der Waals surface area contributed by atoms with Gasteiger partial charge in [0.25, 0.3) is 0 Å². The van der Waals surface area contributed by atoms with E-state index in [9.17, 15) is 5.11 Å². The molecule has 0 aromatic heterocycles. The van der Waals surface area contributed by atoms with Crippen LogP contribution < -0.4 is 5.32 Å². The van der Waals surface area contributed by atoms with Gasteiger partial charge < -0.3 is 10.4 Å². The van der Waals surface area contributed by atoms with Gasteiger partial charge in [0.1, 0.15) is 0 Å². The highest BCUT2D eigenvalue weighted by Gasteiger charge is 2.29. The number of rotatable bonds is 8. The second-order valence-electron chi connectivity index (χ2n) is 5.42. The van der Waals surface area contributed by atoms with E-state index in [2.05, 4.69) is 42.6 Å². The molecule has 2 unspecified atom stereocenters. The van der Waals surface area contributed by atoms with Crippen molar-refractivity contribution in [1.29, 1.82) is 0 Å². The van der Waals surface area contributed by atoms with Crippen molar-refractivity contribution in [3.05, 3.63) is 35.9 Å². The number of nitrogens with one attached hydrogen (secondary N) is 1. The van der Waals surface area contributed by atoms with Crippen molar-refractivity contribution in [2.24, 2.45) is 5.92 Å². The molecule has 2 N–H and O–H groups in total.